The summed E-state index contributed by atoms with van der Waals surface area (Å²) in [7, 11) is -2.95. The van der Waals surface area contributed by atoms with Crippen molar-refractivity contribution < 1.29 is 13.2 Å². The van der Waals surface area contributed by atoms with Crippen molar-refractivity contribution in [2.24, 2.45) is 0 Å². The van der Waals surface area contributed by atoms with Gasteiger partial charge >= 0.3 is 0 Å². The van der Waals surface area contributed by atoms with E-state index in [1.165, 1.54) is 0 Å². The van der Waals surface area contributed by atoms with Crippen LogP contribution in [0.25, 0.3) is 5.78 Å². The lowest BCUT2D eigenvalue weighted by Crippen LogP contribution is -2.41. The average Bonchev–Trinajstić information content (AvgIpc) is 2.85. The SMILES string of the molecule is Cc1cc(C)n2c(C(=O)NC3CCS(=O)(=O)CC3)nnc2n1. The van der Waals surface area contributed by atoms with Crippen LogP contribution >= 0.6 is 0 Å². The van der Waals surface area contributed by atoms with Crippen molar-refractivity contribution in [1.29, 1.82) is 0 Å². The molecular formula is C13H17N5O3S. The van der Waals surface area contributed by atoms with E-state index < -0.39 is 9.84 Å². The van der Waals surface area contributed by atoms with E-state index in [0.717, 1.165) is 11.4 Å². The largest absolute Gasteiger partial charge is 0.347 e. The highest BCUT2D eigenvalue weighted by molar-refractivity contribution is 7.91. The molecule has 3 rings (SSSR count). The molecule has 0 unspecified atom stereocenters. The van der Waals surface area contributed by atoms with Gasteiger partial charge in [-0.2, -0.15) is 0 Å². The van der Waals surface area contributed by atoms with Crippen LogP contribution < -0.4 is 5.32 Å². The molecule has 3 heterocycles. The van der Waals surface area contributed by atoms with E-state index in [4.69, 9.17) is 0 Å². The van der Waals surface area contributed by atoms with E-state index >= 15 is 0 Å². The zero-order valence-electron chi connectivity index (χ0n) is 12.4. The number of nitrogens with one attached hydrogen (secondary N) is 1. The van der Waals surface area contributed by atoms with Crippen LogP contribution in [0.5, 0.6) is 0 Å². The monoisotopic (exact) mass is 323 g/mol. The van der Waals surface area contributed by atoms with Gasteiger partial charge in [-0.15, -0.1) is 10.2 Å². The van der Waals surface area contributed by atoms with Crippen molar-refractivity contribution in [3.63, 3.8) is 0 Å². The van der Waals surface area contributed by atoms with Crippen LogP contribution in [0.2, 0.25) is 0 Å². The Morgan fingerprint density at radius 3 is 2.64 bits per heavy atom. The molecule has 1 aliphatic heterocycles. The molecule has 0 aromatic carbocycles. The second-order valence-electron chi connectivity index (χ2n) is 5.60. The number of fused-ring (bicyclic) bond motifs is 1. The summed E-state index contributed by atoms with van der Waals surface area (Å²) in [6.07, 6.45) is 0.863. The van der Waals surface area contributed by atoms with Gasteiger partial charge in [0.1, 0.15) is 9.84 Å². The minimum atomic E-state index is -2.95. The lowest BCUT2D eigenvalue weighted by atomic mass is 10.1. The highest BCUT2D eigenvalue weighted by atomic mass is 32.2. The number of aryl methyl sites for hydroxylation is 2. The molecule has 0 saturated carbocycles. The number of aromatic nitrogens is 4. The van der Waals surface area contributed by atoms with E-state index in [-0.39, 0.29) is 29.3 Å². The fraction of sp³-hybridized carbons (Fsp3) is 0.538. The van der Waals surface area contributed by atoms with Gasteiger partial charge in [0.05, 0.1) is 11.5 Å². The molecule has 0 bridgehead atoms. The van der Waals surface area contributed by atoms with Crippen LogP contribution in [-0.2, 0) is 9.84 Å². The minimum absolute atomic E-state index is 0.109. The molecule has 22 heavy (non-hydrogen) atoms. The molecule has 1 N–H and O–H groups in total. The van der Waals surface area contributed by atoms with Crippen molar-refractivity contribution in [1.82, 2.24) is 24.9 Å². The van der Waals surface area contributed by atoms with Crippen molar-refractivity contribution in [3.8, 4) is 0 Å². The quantitative estimate of drug-likeness (QED) is 0.837. The summed E-state index contributed by atoms with van der Waals surface area (Å²) >= 11 is 0. The Morgan fingerprint density at radius 1 is 1.27 bits per heavy atom. The number of nitrogens with zero attached hydrogens (tertiary/aromatic N) is 4. The third-order valence-electron chi connectivity index (χ3n) is 3.79. The van der Waals surface area contributed by atoms with Crippen LogP contribution in [0.1, 0.15) is 34.8 Å². The maximum absolute atomic E-state index is 12.4. The molecule has 0 spiro atoms. The standard InChI is InChI=1S/C13H17N5O3S/c1-8-7-9(2)18-11(16-17-13(18)14-8)12(19)15-10-3-5-22(20,21)6-4-10/h7,10H,3-6H2,1-2H3,(H,15,19). The van der Waals surface area contributed by atoms with Crippen molar-refractivity contribution in [2.45, 2.75) is 32.7 Å². The van der Waals surface area contributed by atoms with E-state index in [1.54, 1.807) is 4.40 Å². The summed E-state index contributed by atoms with van der Waals surface area (Å²) in [6, 6.07) is 1.70. The maximum Gasteiger partial charge on any atom is 0.289 e. The molecule has 1 saturated heterocycles. The van der Waals surface area contributed by atoms with Crippen LogP contribution in [0, 0.1) is 13.8 Å². The van der Waals surface area contributed by atoms with Crippen molar-refractivity contribution in [3.05, 3.63) is 23.3 Å². The second-order valence-corrected chi connectivity index (χ2v) is 7.90. The molecule has 8 nitrogen and oxygen atoms in total. The van der Waals surface area contributed by atoms with Crippen LogP contribution in [0.4, 0.5) is 0 Å². The molecular weight excluding hydrogens is 306 g/mol. The number of sulfone groups is 1. The number of hydrogen-bond acceptors (Lipinski definition) is 6. The first kappa shape index (κ1) is 14.9. The average molecular weight is 323 g/mol. The predicted molar refractivity (Wildman–Crippen MR) is 79.4 cm³/mol. The Bertz CT molecular complexity index is 829. The fourth-order valence-electron chi connectivity index (χ4n) is 2.66. The van der Waals surface area contributed by atoms with Gasteiger partial charge in [-0.25, -0.2) is 13.4 Å². The fourth-order valence-corrected chi connectivity index (χ4v) is 4.15. The van der Waals surface area contributed by atoms with Gasteiger partial charge in [0, 0.05) is 17.4 Å². The zero-order valence-corrected chi connectivity index (χ0v) is 13.2. The first-order valence-electron chi connectivity index (χ1n) is 7.06. The summed E-state index contributed by atoms with van der Waals surface area (Å²) in [6.45, 7) is 3.71. The highest BCUT2D eigenvalue weighted by Crippen LogP contribution is 2.13. The normalized spacial score (nSPS) is 18.5. The highest BCUT2D eigenvalue weighted by Gasteiger charge is 2.26. The summed E-state index contributed by atoms with van der Waals surface area (Å²) in [5.74, 6) is 0.421. The molecule has 0 atom stereocenters. The minimum Gasteiger partial charge on any atom is -0.347 e. The third kappa shape index (κ3) is 2.80. The maximum atomic E-state index is 12.4. The molecule has 0 aliphatic carbocycles. The third-order valence-corrected chi connectivity index (χ3v) is 5.50. The zero-order chi connectivity index (χ0) is 15.9. The number of amides is 1. The Labute approximate surface area is 127 Å². The molecule has 2 aromatic rings. The first-order chi connectivity index (χ1) is 10.4. The van der Waals surface area contributed by atoms with Gasteiger partial charge in [0.2, 0.25) is 5.82 Å². The molecule has 2 aromatic heterocycles. The summed E-state index contributed by atoms with van der Waals surface area (Å²) < 4.78 is 24.4. The lowest BCUT2D eigenvalue weighted by molar-refractivity contribution is 0.0922. The number of hydrogen-bond donors (Lipinski definition) is 1. The first-order valence-corrected chi connectivity index (χ1v) is 8.88. The van der Waals surface area contributed by atoms with E-state index in [0.29, 0.717) is 18.6 Å². The summed E-state index contributed by atoms with van der Waals surface area (Å²) in [4.78, 5) is 16.6. The van der Waals surface area contributed by atoms with Crippen LogP contribution in [-0.4, -0.2) is 51.5 Å². The van der Waals surface area contributed by atoms with Gasteiger partial charge in [-0.1, -0.05) is 0 Å². The molecule has 1 aliphatic rings. The van der Waals surface area contributed by atoms with Gasteiger partial charge in [0.25, 0.3) is 11.7 Å². The molecule has 1 fully saturated rings. The van der Waals surface area contributed by atoms with Crippen LogP contribution in [0.15, 0.2) is 6.07 Å². The molecule has 118 valence electrons. The molecule has 9 heteroatoms. The van der Waals surface area contributed by atoms with Crippen LogP contribution in [0.3, 0.4) is 0 Å². The van der Waals surface area contributed by atoms with E-state index in [2.05, 4.69) is 20.5 Å². The lowest BCUT2D eigenvalue weighted by Gasteiger charge is -2.22. The summed E-state index contributed by atoms with van der Waals surface area (Å²) in [5, 5.41) is 10.7. The smallest absolute Gasteiger partial charge is 0.289 e. The number of rotatable bonds is 2. The Morgan fingerprint density at radius 2 is 1.95 bits per heavy atom. The Kier molecular flexibility index (Phi) is 3.59. The van der Waals surface area contributed by atoms with Crippen molar-refractivity contribution >= 4 is 21.5 Å². The Hall–Kier alpha value is -2.03. The number of carbonyl (C=O) groups is 1. The van der Waals surface area contributed by atoms with Gasteiger partial charge in [0.15, 0.2) is 0 Å². The van der Waals surface area contributed by atoms with E-state index in [1.807, 2.05) is 19.9 Å². The van der Waals surface area contributed by atoms with Crippen molar-refractivity contribution in [2.75, 3.05) is 11.5 Å². The van der Waals surface area contributed by atoms with E-state index in [9.17, 15) is 13.2 Å². The predicted octanol–water partition coefficient (Wildman–Crippen LogP) is 0.0481. The van der Waals surface area contributed by atoms with Gasteiger partial charge in [-0.05, 0) is 32.8 Å². The summed E-state index contributed by atoms with van der Waals surface area (Å²) in [5.41, 5.74) is 1.63. The molecule has 1 amide bonds. The molecule has 0 radical (unpaired) electrons. The van der Waals surface area contributed by atoms with Gasteiger partial charge in [-0.3, -0.25) is 9.20 Å². The second kappa shape index (κ2) is 5.31. The topological polar surface area (TPSA) is 106 Å². The number of carbonyl (C=O) groups excluding carboxylic acids is 1. The van der Waals surface area contributed by atoms with Gasteiger partial charge < -0.3 is 5.32 Å². The Balaban J connectivity index is 1.81.